The van der Waals surface area contributed by atoms with Crippen molar-refractivity contribution in [1.29, 1.82) is 0 Å². The van der Waals surface area contributed by atoms with Crippen LogP contribution in [-0.4, -0.2) is 31.3 Å². The maximum Gasteiger partial charge on any atom is 0.331 e. The number of nitrogens with one attached hydrogen (secondary N) is 1. The molecule has 0 radical (unpaired) electrons. The molecule has 8 heteroatoms. The smallest absolute Gasteiger partial charge is 0.331 e. The molecule has 0 saturated carbocycles. The molecule has 1 atom stereocenters. The van der Waals surface area contributed by atoms with E-state index >= 15 is 0 Å². The molecule has 2 rings (SSSR count). The highest BCUT2D eigenvalue weighted by Crippen LogP contribution is 2.14. The second kappa shape index (κ2) is 4.71. The van der Waals surface area contributed by atoms with Crippen molar-refractivity contribution in [1.82, 2.24) is 19.7 Å². The zero-order chi connectivity index (χ0) is 15.1. The van der Waals surface area contributed by atoms with Gasteiger partial charge in [0.1, 0.15) is 16.8 Å². The summed E-state index contributed by atoms with van der Waals surface area (Å²) in [5.41, 5.74) is 5.10. The summed E-state index contributed by atoms with van der Waals surface area (Å²) in [6.07, 6.45) is 1.41. The fraction of sp³-hybridized carbons (Fsp3) is 0.500. The normalized spacial score (nSPS) is 13.4. The number of carbonyl (C=O) groups excluding carboxylic acids is 1. The summed E-state index contributed by atoms with van der Waals surface area (Å²) in [5, 5.41) is 4.28. The van der Waals surface area contributed by atoms with Gasteiger partial charge in [0, 0.05) is 7.05 Å². The summed E-state index contributed by atoms with van der Waals surface area (Å²) >= 11 is 0. The van der Waals surface area contributed by atoms with Crippen LogP contribution in [0.2, 0.25) is 0 Å². The van der Waals surface area contributed by atoms with Crippen molar-refractivity contribution in [3.8, 4) is 0 Å². The number of nitrogens with two attached hydrogens (primary N) is 1. The predicted molar refractivity (Wildman–Crippen MR) is 71.9 cm³/mol. The molecule has 20 heavy (non-hydrogen) atoms. The molecule has 0 fully saturated rings. The molecular formula is C12H17N5O3. The first-order valence-corrected chi connectivity index (χ1v) is 6.09. The Morgan fingerprint density at radius 1 is 1.50 bits per heavy atom. The molecule has 0 amide bonds. The van der Waals surface area contributed by atoms with Crippen molar-refractivity contribution in [3.05, 3.63) is 22.4 Å². The predicted octanol–water partition coefficient (Wildman–Crippen LogP) is -0.00190. The van der Waals surface area contributed by atoms with Gasteiger partial charge >= 0.3 is 5.97 Å². The Morgan fingerprint density at radius 2 is 2.15 bits per heavy atom. The monoisotopic (exact) mass is 279 g/mol. The molecule has 1 unspecified atom stereocenters. The van der Waals surface area contributed by atoms with Gasteiger partial charge < -0.3 is 15.5 Å². The number of hydrogen-bond donors (Lipinski definition) is 2. The molecule has 3 N–H and O–H groups in total. The average Bonchev–Trinajstić information content (AvgIpc) is 2.68. The third-order valence-electron chi connectivity index (χ3n) is 2.58. The lowest BCUT2D eigenvalue weighted by atomic mass is 10.2. The van der Waals surface area contributed by atoms with E-state index in [1.54, 1.807) is 27.8 Å². The van der Waals surface area contributed by atoms with E-state index in [2.05, 4.69) is 15.1 Å². The zero-order valence-corrected chi connectivity index (χ0v) is 11.8. The second-order valence-electron chi connectivity index (χ2n) is 5.47. The molecule has 0 aromatic carbocycles. The van der Waals surface area contributed by atoms with Crippen LogP contribution < -0.4 is 11.3 Å². The number of carbonyl (C=O) groups is 1. The molecule has 0 spiro atoms. The first-order chi connectivity index (χ1) is 9.19. The summed E-state index contributed by atoms with van der Waals surface area (Å²) in [7, 11) is 1.65. The third kappa shape index (κ3) is 2.69. The van der Waals surface area contributed by atoms with E-state index in [-0.39, 0.29) is 5.82 Å². The molecule has 0 bridgehead atoms. The molecule has 0 aliphatic rings. The van der Waals surface area contributed by atoms with Crippen molar-refractivity contribution in [3.63, 3.8) is 0 Å². The fourth-order valence-electron chi connectivity index (χ4n) is 1.67. The van der Waals surface area contributed by atoms with Crippen LogP contribution in [0, 0.1) is 0 Å². The molecule has 0 aliphatic carbocycles. The maximum atomic E-state index is 11.9. The first-order valence-electron chi connectivity index (χ1n) is 6.09. The molecule has 2 heterocycles. The minimum atomic E-state index is -1.15. The second-order valence-corrected chi connectivity index (χ2v) is 5.47. The SMILES string of the molecule is Cn1ncc2c(=O)[nH]c(C(N)C(=O)OC(C)(C)C)nc21. The zero-order valence-electron chi connectivity index (χ0n) is 11.8. The maximum absolute atomic E-state index is 11.9. The Hall–Kier alpha value is -2.22. The van der Waals surface area contributed by atoms with Gasteiger partial charge in [-0.2, -0.15) is 5.10 Å². The minimum Gasteiger partial charge on any atom is -0.458 e. The van der Waals surface area contributed by atoms with Crippen molar-refractivity contribution in [2.75, 3.05) is 0 Å². The number of rotatable bonds is 2. The molecule has 0 aliphatic heterocycles. The largest absolute Gasteiger partial charge is 0.458 e. The van der Waals surface area contributed by atoms with E-state index in [4.69, 9.17) is 10.5 Å². The van der Waals surface area contributed by atoms with E-state index in [0.717, 1.165) is 0 Å². The lowest BCUT2D eigenvalue weighted by molar-refractivity contribution is -0.156. The van der Waals surface area contributed by atoms with Crippen LogP contribution >= 0.6 is 0 Å². The van der Waals surface area contributed by atoms with Gasteiger partial charge in [0.05, 0.1) is 6.20 Å². The third-order valence-corrected chi connectivity index (χ3v) is 2.58. The van der Waals surface area contributed by atoms with Crippen molar-refractivity contribution < 1.29 is 9.53 Å². The molecule has 108 valence electrons. The number of ether oxygens (including phenoxy) is 1. The minimum absolute atomic E-state index is 0.0559. The van der Waals surface area contributed by atoms with Gasteiger partial charge in [-0.3, -0.25) is 9.48 Å². The van der Waals surface area contributed by atoms with Crippen LogP contribution in [0.3, 0.4) is 0 Å². The Bertz CT molecular complexity index is 710. The van der Waals surface area contributed by atoms with Crippen LogP contribution in [0.5, 0.6) is 0 Å². The number of nitrogens with zero attached hydrogens (tertiary/aromatic N) is 3. The van der Waals surface area contributed by atoms with Crippen molar-refractivity contribution in [2.24, 2.45) is 12.8 Å². The quantitative estimate of drug-likeness (QED) is 0.747. The molecular weight excluding hydrogens is 262 g/mol. The summed E-state index contributed by atoms with van der Waals surface area (Å²) in [6.45, 7) is 5.20. The number of fused-ring (bicyclic) bond motifs is 1. The topological polar surface area (TPSA) is 116 Å². The van der Waals surface area contributed by atoms with Crippen LogP contribution in [-0.2, 0) is 16.6 Å². The summed E-state index contributed by atoms with van der Waals surface area (Å²) in [6, 6.07) is -1.15. The molecule has 2 aromatic rings. The van der Waals surface area contributed by atoms with Gasteiger partial charge in [0.25, 0.3) is 5.56 Å². The number of aryl methyl sites for hydroxylation is 1. The highest BCUT2D eigenvalue weighted by Gasteiger charge is 2.26. The van der Waals surface area contributed by atoms with Crippen LogP contribution in [0.4, 0.5) is 0 Å². The van der Waals surface area contributed by atoms with Gasteiger partial charge in [-0.25, -0.2) is 9.78 Å². The summed E-state index contributed by atoms with van der Waals surface area (Å²) in [5.74, 6) is -0.595. The number of esters is 1. The Kier molecular flexibility index (Phi) is 3.34. The van der Waals surface area contributed by atoms with Crippen LogP contribution in [0.15, 0.2) is 11.0 Å². The van der Waals surface area contributed by atoms with Gasteiger partial charge in [0.15, 0.2) is 11.7 Å². The van der Waals surface area contributed by atoms with E-state index in [1.165, 1.54) is 10.9 Å². The van der Waals surface area contributed by atoms with Gasteiger partial charge in [-0.15, -0.1) is 0 Å². The van der Waals surface area contributed by atoms with Crippen molar-refractivity contribution in [2.45, 2.75) is 32.4 Å². The Labute approximate surface area is 114 Å². The molecule has 0 saturated heterocycles. The number of aromatic nitrogens is 4. The summed E-state index contributed by atoms with van der Waals surface area (Å²) in [4.78, 5) is 30.4. The Balaban J connectivity index is 2.40. The molecule has 8 nitrogen and oxygen atoms in total. The van der Waals surface area contributed by atoms with Gasteiger partial charge in [-0.1, -0.05) is 0 Å². The average molecular weight is 279 g/mol. The number of aromatic amines is 1. The Morgan fingerprint density at radius 3 is 2.75 bits per heavy atom. The lowest BCUT2D eigenvalue weighted by Gasteiger charge is -2.21. The van der Waals surface area contributed by atoms with Gasteiger partial charge in [-0.05, 0) is 20.8 Å². The van der Waals surface area contributed by atoms with Crippen molar-refractivity contribution >= 4 is 17.0 Å². The van der Waals surface area contributed by atoms with Crippen LogP contribution in [0.1, 0.15) is 32.6 Å². The van der Waals surface area contributed by atoms with E-state index in [0.29, 0.717) is 11.0 Å². The van der Waals surface area contributed by atoms with E-state index in [1.807, 2.05) is 0 Å². The standard InChI is InChI=1S/C12H17N5O3/c1-12(2,3)20-11(19)7(13)8-15-9-6(10(18)16-8)5-14-17(9)4/h5,7H,13H2,1-4H3,(H,15,16,18). The number of H-pyrrole nitrogens is 1. The first kappa shape index (κ1) is 14.2. The van der Waals surface area contributed by atoms with E-state index < -0.39 is 23.2 Å². The molecule has 2 aromatic heterocycles. The fourth-order valence-corrected chi connectivity index (χ4v) is 1.67. The van der Waals surface area contributed by atoms with E-state index in [9.17, 15) is 9.59 Å². The van der Waals surface area contributed by atoms with Crippen LogP contribution in [0.25, 0.3) is 11.0 Å². The highest BCUT2D eigenvalue weighted by molar-refractivity contribution is 5.78. The highest BCUT2D eigenvalue weighted by atomic mass is 16.6. The summed E-state index contributed by atoms with van der Waals surface area (Å²) < 4.78 is 6.61. The number of hydrogen-bond acceptors (Lipinski definition) is 6. The lowest BCUT2D eigenvalue weighted by Crippen LogP contribution is -2.33. The van der Waals surface area contributed by atoms with Gasteiger partial charge in [0.2, 0.25) is 0 Å².